The molecule has 0 aromatic carbocycles. The second-order valence-corrected chi connectivity index (χ2v) is 4.72. The highest BCUT2D eigenvalue weighted by molar-refractivity contribution is 7.83. The molecule has 0 fully saturated rings. The van der Waals surface area contributed by atoms with Gasteiger partial charge in [-0.1, -0.05) is 32.3 Å². The molecule has 3 heteroatoms. The van der Waals surface area contributed by atoms with Crippen LogP contribution < -0.4 is 0 Å². The van der Waals surface area contributed by atoms with Crippen LogP contribution in [0.3, 0.4) is 0 Å². The quantitative estimate of drug-likeness (QED) is 0.711. The normalized spacial score (nSPS) is 25.4. The van der Waals surface area contributed by atoms with Crippen molar-refractivity contribution in [3.63, 3.8) is 0 Å². The lowest BCUT2D eigenvalue weighted by atomic mass is 9.90. The molecule has 0 spiro atoms. The number of unbranched alkanes of at least 4 members (excludes halogenated alkanes) is 1. The molecule has 0 aliphatic heterocycles. The molecule has 13 heavy (non-hydrogen) atoms. The fourth-order valence-corrected chi connectivity index (χ4v) is 2.31. The van der Waals surface area contributed by atoms with Gasteiger partial charge in [-0.3, -0.25) is 0 Å². The SMILES string of the molecule is CCCCC1CC=C(S(=O)O)CC1. The molecule has 2 unspecified atom stereocenters. The van der Waals surface area contributed by atoms with Gasteiger partial charge in [-0.05, 0) is 25.2 Å². The van der Waals surface area contributed by atoms with Crippen LogP contribution in [-0.4, -0.2) is 8.76 Å². The van der Waals surface area contributed by atoms with E-state index in [-0.39, 0.29) is 0 Å². The average molecular weight is 202 g/mol. The summed E-state index contributed by atoms with van der Waals surface area (Å²) in [4.78, 5) is 0.729. The highest BCUT2D eigenvalue weighted by Gasteiger charge is 2.16. The topological polar surface area (TPSA) is 37.3 Å². The summed E-state index contributed by atoms with van der Waals surface area (Å²) in [6.07, 6.45) is 8.69. The molecule has 1 N–H and O–H groups in total. The van der Waals surface area contributed by atoms with E-state index in [1.165, 1.54) is 19.3 Å². The second-order valence-electron chi connectivity index (χ2n) is 3.70. The average Bonchev–Trinajstić information content (AvgIpc) is 2.15. The van der Waals surface area contributed by atoms with Crippen LogP contribution in [0.1, 0.15) is 45.4 Å². The van der Waals surface area contributed by atoms with E-state index in [0.29, 0.717) is 0 Å². The van der Waals surface area contributed by atoms with E-state index in [9.17, 15) is 4.21 Å². The zero-order valence-corrected chi connectivity index (χ0v) is 8.98. The van der Waals surface area contributed by atoms with E-state index in [1.807, 2.05) is 6.08 Å². The summed E-state index contributed by atoms with van der Waals surface area (Å²) in [6, 6.07) is 0. The first-order valence-corrected chi connectivity index (χ1v) is 6.14. The van der Waals surface area contributed by atoms with Gasteiger partial charge in [-0.2, -0.15) is 0 Å². The number of rotatable bonds is 4. The van der Waals surface area contributed by atoms with Gasteiger partial charge in [-0.15, -0.1) is 0 Å². The van der Waals surface area contributed by atoms with Gasteiger partial charge >= 0.3 is 0 Å². The molecule has 1 aliphatic carbocycles. The van der Waals surface area contributed by atoms with Crippen molar-refractivity contribution in [2.75, 3.05) is 0 Å². The molecule has 2 nitrogen and oxygen atoms in total. The van der Waals surface area contributed by atoms with E-state index in [2.05, 4.69) is 6.92 Å². The fourth-order valence-electron chi connectivity index (χ4n) is 1.78. The number of allylic oxidation sites excluding steroid dienone is 2. The molecule has 0 aromatic rings. The van der Waals surface area contributed by atoms with Crippen molar-refractivity contribution in [1.82, 2.24) is 0 Å². The molecule has 1 aliphatic rings. The summed E-state index contributed by atoms with van der Waals surface area (Å²) in [5.41, 5.74) is 0. The Morgan fingerprint density at radius 1 is 1.69 bits per heavy atom. The van der Waals surface area contributed by atoms with Crippen molar-refractivity contribution in [3.8, 4) is 0 Å². The third-order valence-electron chi connectivity index (χ3n) is 2.67. The highest BCUT2D eigenvalue weighted by atomic mass is 32.2. The van der Waals surface area contributed by atoms with Gasteiger partial charge in [0.1, 0.15) is 0 Å². The van der Waals surface area contributed by atoms with E-state index >= 15 is 0 Å². The Morgan fingerprint density at radius 2 is 2.46 bits per heavy atom. The lowest BCUT2D eigenvalue weighted by molar-refractivity contribution is 0.425. The van der Waals surface area contributed by atoms with Crippen molar-refractivity contribution in [3.05, 3.63) is 11.0 Å². The van der Waals surface area contributed by atoms with E-state index < -0.39 is 11.1 Å². The molecule has 2 atom stereocenters. The van der Waals surface area contributed by atoms with Crippen LogP contribution in [0.4, 0.5) is 0 Å². The monoisotopic (exact) mass is 202 g/mol. The van der Waals surface area contributed by atoms with Gasteiger partial charge in [0.05, 0.1) is 0 Å². The minimum atomic E-state index is -1.71. The highest BCUT2D eigenvalue weighted by Crippen LogP contribution is 2.28. The summed E-state index contributed by atoms with van der Waals surface area (Å²) in [5.74, 6) is 0.757. The molecule has 0 bridgehead atoms. The predicted octanol–water partition coefficient (Wildman–Crippen LogP) is 3.08. The van der Waals surface area contributed by atoms with Crippen LogP contribution in [0.5, 0.6) is 0 Å². The predicted molar refractivity (Wildman–Crippen MR) is 55.7 cm³/mol. The van der Waals surface area contributed by atoms with E-state index in [4.69, 9.17) is 4.55 Å². The number of hydrogen-bond acceptors (Lipinski definition) is 1. The molecule has 0 aromatic heterocycles. The Bertz CT molecular complexity index is 211. The summed E-state index contributed by atoms with van der Waals surface area (Å²) in [6.45, 7) is 2.20. The smallest absolute Gasteiger partial charge is 0.181 e. The summed E-state index contributed by atoms with van der Waals surface area (Å²) in [5, 5.41) is 0. The largest absolute Gasteiger partial charge is 0.302 e. The van der Waals surface area contributed by atoms with Crippen LogP contribution in [0.15, 0.2) is 11.0 Å². The second kappa shape index (κ2) is 5.55. The Hall–Kier alpha value is -0.150. The van der Waals surface area contributed by atoms with Crippen LogP contribution in [0.25, 0.3) is 0 Å². The maximum absolute atomic E-state index is 10.7. The molecule has 1 rings (SSSR count). The first-order chi connectivity index (χ1) is 6.24. The third kappa shape index (κ3) is 3.61. The van der Waals surface area contributed by atoms with Crippen LogP contribution >= 0.6 is 0 Å². The van der Waals surface area contributed by atoms with Gasteiger partial charge < -0.3 is 4.55 Å². The van der Waals surface area contributed by atoms with Gasteiger partial charge in [0, 0.05) is 4.91 Å². The van der Waals surface area contributed by atoms with Crippen LogP contribution in [0.2, 0.25) is 0 Å². The minimum absolute atomic E-state index is 0.729. The van der Waals surface area contributed by atoms with Crippen molar-refractivity contribution in [2.24, 2.45) is 5.92 Å². The van der Waals surface area contributed by atoms with Crippen molar-refractivity contribution < 1.29 is 8.76 Å². The minimum Gasteiger partial charge on any atom is -0.302 e. The third-order valence-corrected chi connectivity index (χ3v) is 3.49. The zero-order valence-electron chi connectivity index (χ0n) is 8.16. The molecule has 0 saturated carbocycles. The van der Waals surface area contributed by atoms with Gasteiger partial charge in [0.15, 0.2) is 11.1 Å². The molecular formula is C10H18O2S. The van der Waals surface area contributed by atoms with Gasteiger partial charge in [-0.25, -0.2) is 4.21 Å². The molecule has 0 radical (unpaired) electrons. The Labute approximate surface area is 82.7 Å². The Morgan fingerprint density at radius 3 is 2.92 bits per heavy atom. The van der Waals surface area contributed by atoms with Crippen molar-refractivity contribution in [2.45, 2.75) is 45.4 Å². The standard InChI is InChI=1S/C10H18O2S/c1-2-3-4-9-5-7-10(8-6-9)13(11)12/h7,9H,2-6,8H2,1H3,(H,11,12). The summed E-state index contributed by atoms with van der Waals surface area (Å²) >= 11 is -1.71. The lowest BCUT2D eigenvalue weighted by Gasteiger charge is -2.19. The maximum atomic E-state index is 10.7. The van der Waals surface area contributed by atoms with Crippen LogP contribution in [-0.2, 0) is 11.1 Å². The first-order valence-electron chi connectivity index (χ1n) is 5.04. The molecule has 0 saturated heterocycles. The molecule has 0 heterocycles. The molecule has 76 valence electrons. The maximum Gasteiger partial charge on any atom is 0.181 e. The van der Waals surface area contributed by atoms with Crippen LogP contribution in [0, 0.1) is 5.92 Å². The molecule has 0 amide bonds. The van der Waals surface area contributed by atoms with Gasteiger partial charge in [0.25, 0.3) is 0 Å². The van der Waals surface area contributed by atoms with Crippen molar-refractivity contribution >= 4 is 11.1 Å². The first kappa shape index (κ1) is 10.9. The zero-order chi connectivity index (χ0) is 9.68. The van der Waals surface area contributed by atoms with E-state index in [0.717, 1.165) is 30.1 Å². The Kier molecular flexibility index (Phi) is 4.67. The van der Waals surface area contributed by atoms with Gasteiger partial charge in [0.2, 0.25) is 0 Å². The lowest BCUT2D eigenvalue weighted by Crippen LogP contribution is -2.08. The summed E-state index contributed by atoms with van der Waals surface area (Å²) < 4.78 is 19.6. The number of hydrogen-bond donors (Lipinski definition) is 1. The summed E-state index contributed by atoms with van der Waals surface area (Å²) in [7, 11) is 0. The molecular weight excluding hydrogens is 184 g/mol. The fraction of sp³-hybridized carbons (Fsp3) is 0.800. The Balaban J connectivity index is 2.33. The van der Waals surface area contributed by atoms with Crippen molar-refractivity contribution in [1.29, 1.82) is 0 Å². The van der Waals surface area contributed by atoms with E-state index in [1.54, 1.807) is 0 Å².